The largest absolute Gasteiger partial charge is 0.494 e. The second-order valence-corrected chi connectivity index (χ2v) is 7.13. The summed E-state index contributed by atoms with van der Waals surface area (Å²) in [5.41, 5.74) is 1.51. The maximum Gasteiger partial charge on any atom is 0.266 e. The normalized spacial score (nSPS) is 17.5. The van der Waals surface area contributed by atoms with Gasteiger partial charge in [-0.05, 0) is 48.7 Å². The van der Waals surface area contributed by atoms with Gasteiger partial charge in [0.05, 0.1) is 23.4 Å². The lowest BCUT2D eigenvalue weighted by Crippen LogP contribution is -2.29. The van der Waals surface area contributed by atoms with Crippen LogP contribution in [0.2, 0.25) is 0 Å². The number of carbonyl (C=O) groups is 2. The average Bonchev–Trinajstić information content (AvgIpc) is 2.94. The molecule has 26 heavy (non-hydrogen) atoms. The van der Waals surface area contributed by atoms with E-state index in [4.69, 9.17) is 4.74 Å². The van der Waals surface area contributed by atoms with Crippen molar-refractivity contribution in [3.8, 4) is 5.75 Å². The molecule has 1 fully saturated rings. The van der Waals surface area contributed by atoms with Gasteiger partial charge in [0.25, 0.3) is 11.8 Å². The van der Waals surface area contributed by atoms with E-state index < -0.39 is 0 Å². The van der Waals surface area contributed by atoms with Crippen LogP contribution in [0.4, 0.5) is 5.69 Å². The Kier molecular flexibility index (Phi) is 4.74. The molecule has 0 bridgehead atoms. The topological polar surface area (TPSA) is 46.6 Å². The van der Waals surface area contributed by atoms with Gasteiger partial charge in [-0.25, -0.2) is 4.90 Å². The number of amides is 2. The summed E-state index contributed by atoms with van der Waals surface area (Å²) in [6, 6.07) is 14.2. The lowest BCUT2D eigenvalue weighted by molar-refractivity contribution is 0.0926. The second kappa shape index (κ2) is 7.32. The highest BCUT2D eigenvalue weighted by atomic mass is 16.5. The van der Waals surface area contributed by atoms with Crippen LogP contribution in [0.15, 0.2) is 48.5 Å². The number of hydrogen-bond donors (Lipinski definition) is 0. The van der Waals surface area contributed by atoms with Gasteiger partial charge in [-0.1, -0.05) is 44.2 Å². The molecule has 2 aromatic carbocycles. The molecule has 1 saturated carbocycles. The molecule has 0 N–H and O–H groups in total. The summed E-state index contributed by atoms with van der Waals surface area (Å²) in [6.45, 7) is 0.719. The van der Waals surface area contributed by atoms with E-state index in [9.17, 15) is 9.59 Å². The lowest BCUT2D eigenvalue weighted by atomic mass is 9.87. The van der Waals surface area contributed by atoms with E-state index in [0.717, 1.165) is 24.7 Å². The third kappa shape index (κ3) is 3.24. The first kappa shape index (κ1) is 16.8. The standard InChI is InChI=1S/C22H23NO3/c24-21-19-8-4-5-9-20(19)22(25)23(21)17-10-12-18(13-11-17)26-15-14-16-6-2-1-3-7-16/h4-5,8-13,16H,1-3,6-7,14-15H2. The van der Waals surface area contributed by atoms with E-state index in [0.29, 0.717) is 16.8 Å². The number of benzene rings is 2. The predicted molar refractivity (Wildman–Crippen MR) is 101 cm³/mol. The molecule has 0 saturated heterocycles. The summed E-state index contributed by atoms with van der Waals surface area (Å²) in [5, 5.41) is 0. The van der Waals surface area contributed by atoms with Gasteiger partial charge in [-0.2, -0.15) is 0 Å². The zero-order chi connectivity index (χ0) is 17.9. The van der Waals surface area contributed by atoms with E-state index in [1.54, 1.807) is 36.4 Å². The van der Waals surface area contributed by atoms with Crippen molar-refractivity contribution in [2.24, 2.45) is 5.92 Å². The Morgan fingerprint density at radius 2 is 1.46 bits per heavy atom. The highest BCUT2D eigenvalue weighted by Gasteiger charge is 2.36. The van der Waals surface area contributed by atoms with Crippen molar-refractivity contribution >= 4 is 17.5 Å². The number of hydrogen-bond acceptors (Lipinski definition) is 3. The number of imide groups is 1. The fraction of sp³-hybridized carbons (Fsp3) is 0.364. The van der Waals surface area contributed by atoms with Crippen molar-refractivity contribution < 1.29 is 14.3 Å². The zero-order valence-corrected chi connectivity index (χ0v) is 14.8. The van der Waals surface area contributed by atoms with Gasteiger partial charge in [0.1, 0.15) is 5.75 Å². The van der Waals surface area contributed by atoms with Crippen LogP contribution in [-0.4, -0.2) is 18.4 Å². The van der Waals surface area contributed by atoms with Crippen molar-refractivity contribution in [2.75, 3.05) is 11.5 Å². The molecule has 1 aliphatic heterocycles. The van der Waals surface area contributed by atoms with E-state index in [-0.39, 0.29) is 11.8 Å². The first-order chi connectivity index (χ1) is 12.7. The molecule has 1 heterocycles. The summed E-state index contributed by atoms with van der Waals surface area (Å²) in [4.78, 5) is 26.3. The Morgan fingerprint density at radius 1 is 0.846 bits per heavy atom. The SMILES string of the molecule is O=C1c2ccccc2C(=O)N1c1ccc(OCCC2CCCCC2)cc1. The highest BCUT2D eigenvalue weighted by Crippen LogP contribution is 2.30. The fourth-order valence-electron chi connectivity index (χ4n) is 3.93. The maximum absolute atomic E-state index is 12.5. The van der Waals surface area contributed by atoms with Gasteiger partial charge >= 0.3 is 0 Å². The lowest BCUT2D eigenvalue weighted by Gasteiger charge is -2.21. The Labute approximate surface area is 153 Å². The minimum atomic E-state index is -0.267. The van der Waals surface area contributed by atoms with E-state index in [2.05, 4.69) is 0 Å². The average molecular weight is 349 g/mol. The van der Waals surface area contributed by atoms with Crippen LogP contribution in [-0.2, 0) is 0 Å². The van der Waals surface area contributed by atoms with Crippen LogP contribution in [0.5, 0.6) is 5.75 Å². The summed E-state index contributed by atoms with van der Waals surface area (Å²) in [6.07, 6.45) is 7.81. The maximum atomic E-state index is 12.5. The Morgan fingerprint density at radius 3 is 2.08 bits per heavy atom. The Bertz CT molecular complexity index is 771. The van der Waals surface area contributed by atoms with Gasteiger partial charge in [-0.3, -0.25) is 9.59 Å². The van der Waals surface area contributed by atoms with Crippen molar-refractivity contribution in [1.82, 2.24) is 0 Å². The van der Waals surface area contributed by atoms with E-state index in [1.807, 2.05) is 12.1 Å². The zero-order valence-electron chi connectivity index (χ0n) is 14.8. The second-order valence-electron chi connectivity index (χ2n) is 7.13. The number of carbonyl (C=O) groups excluding carboxylic acids is 2. The molecule has 2 amide bonds. The van der Waals surface area contributed by atoms with Crippen molar-refractivity contribution in [3.63, 3.8) is 0 Å². The molecule has 4 nitrogen and oxygen atoms in total. The molecule has 0 atom stereocenters. The highest BCUT2D eigenvalue weighted by molar-refractivity contribution is 6.34. The molecule has 0 unspecified atom stereocenters. The fourth-order valence-corrected chi connectivity index (χ4v) is 3.93. The summed E-state index contributed by atoms with van der Waals surface area (Å²) in [7, 11) is 0. The summed E-state index contributed by atoms with van der Waals surface area (Å²) >= 11 is 0. The van der Waals surface area contributed by atoms with Crippen LogP contribution in [0.1, 0.15) is 59.2 Å². The molecule has 0 radical (unpaired) electrons. The monoisotopic (exact) mass is 349 g/mol. The molecule has 2 aromatic rings. The number of nitrogens with zero attached hydrogens (tertiary/aromatic N) is 1. The molecular weight excluding hydrogens is 326 g/mol. The molecule has 4 rings (SSSR count). The molecular formula is C22H23NO3. The first-order valence-electron chi connectivity index (χ1n) is 9.45. The third-order valence-electron chi connectivity index (χ3n) is 5.41. The molecule has 4 heteroatoms. The van der Waals surface area contributed by atoms with Gasteiger partial charge < -0.3 is 4.74 Å². The van der Waals surface area contributed by atoms with E-state index in [1.165, 1.54) is 37.0 Å². The van der Waals surface area contributed by atoms with Gasteiger partial charge in [0, 0.05) is 0 Å². The predicted octanol–water partition coefficient (Wildman–Crippen LogP) is 4.84. The number of rotatable bonds is 5. The van der Waals surface area contributed by atoms with Crippen LogP contribution in [0.3, 0.4) is 0 Å². The number of anilines is 1. The quantitative estimate of drug-likeness (QED) is 0.726. The molecule has 0 aromatic heterocycles. The number of fused-ring (bicyclic) bond motifs is 1. The van der Waals surface area contributed by atoms with Crippen LogP contribution >= 0.6 is 0 Å². The van der Waals surface area contributed by atoms with Crippen molar-refractivity contribution in [2.45, 2.75) is 38.5 Å². The minimum Gasteiger partial charge on any atom is -0.494 e. The van der Waals surface area contributed by atoms with E-state index >= 15 is 0 Å². The molecule has 134 valence electrons. The van der Waals surface area contributed by atoms with Gasteiger partial charge in [-0.15, -0.1) is 0 Å². The van der Waals surface area contributed by atoms with Crippen LogP contribution in [0, 0.1) is 5.92 Å². The van der Waals surface area contributed by atoms with Crippen molar-refractivity contribution in [1.29, 1.82) is 0 Å². The Hall–Kier alpha value is -2.62. The summed E-state index contributed by atoms with van der Waals surface area (Å²) in [5.74, 6) is 1.04. The molecule has 0 spiro atoms. The summed E-state index contributed by atoms with van der Waals surface area (Å²) < 4.78 is 5.85. The smallest absolute Gasteiger partial charge is 0.266 e. The number of ether oxygens (including phenoxy) is 1. The molecule has 2 aliphatic rings. The Balaban J connectivity index is 1.39. The van der Waals surface area contributed by atoms with Crippen LogP contribution in [0.25, 0.3) is 0 Å². The van der Waals surface area contributed by atoms with Crippen molar-refractivity contribution in [3.05, 3.63) is 59.7 Å². The third-order valence-corrected chi connectivity index (χ3v) is 5.41. The van der Waals surface area contributed by atoms with Crippen LogP contribution < -0.4 is 9.64 Å². The minimum absolute atomic E-state index is 0.267. The van der Waals surface area contributed by atoms with Gasteiger partial charge in [0.15, 0.2) is 0 Å². The van der Waals surface area contributed by atoms with Gasteiger partial charge in [0.2, 0.25) is 0 Å². The first-order valence-corrected chi connectivity index (χ1v) is 9.45. The molecule has 1 aliphatic carbocycles.